The minimum atomic E-state index is -0.427. The van der Waals surface area contributed by atoms with E-state index in [2.05, 4.69) is 30.3 Å². The molecule has 0 amide bonds. The van der Waals surface area contributed by atoms with Crippen LogP contribution in [0.25, 0.3) is 11.3 Å². The zero-order chi connectivity index (χ0) is 24.0. The smallest absolute Gasteiger partial charge is 0.270 e. The van der Waals surface area contributed by atoms with Crippen molar-refractivity contribution in [3.05, 3.63) is 52.3 Å². The summed E-state index contributed by atoms with van der Waals surface area (Å²) in [6.07, 6.45) is 8.54. The molecule has 0 unspecified atom stereocenters. The van der Waals surface area contributed by atoms with Gasteiger partial charge < -0.3 is 14.2 Å². The van der Waals surface area contributed by atoms with Gasteiger partial charge in [0.15, 0.2) is 0 Å². The Morgan fingerprint density at radius 3 is 2.20 bits per heavy atom. The first-order valence-electron chi connectivity index (χ1n) is 12.1. The second kappa shape index (κ2) is 10.5. The molecule has 3 aromatic rings. The van der Waals surface area contributed by atoms with Crippen LogP contribution in [0.2, 0.25) is 0 Å². The number of nitro groups is 1. The van der Waals surface area contributed by atoms with Crippen molar-refractivity contribution in [1.82, 2.24) is 15.0 Å². The summed E-state index contributed by atoms with van der Waals surface area (Å²) in [6, 6.07) is 9.83. The lowest BCUT2D eigenvalue weighted by atomic mass is 10.1. The topological polar surface area (TPSA) is 126 Å². The fourth-order valence-corrected chi connectivity index (χ4v) is 4.38. The Kier molecular flexibility index (Phi) is 6.82. The van der Waals surface area contributed by atoms with E-state index in [-0.39, 0.29) is 5.69 Å². The zero-order valence-electron chi connectivity index (χ0n) is 19.5. The molecule has 11 heteroatoms. The molecule has 0 atom stereocenters. The van der Waals surface area contributed by atoms with E-state index in [1.165, 1.54) is 31.2 Å². The summed E-state index contributed by atoms with van der Waals surface area (Å²) in [4.78, 5) is 29.1. The van der Waals surface area contributed by atoms with Gasteiger partial charge in [-0.25, -0.2) is 5.43 Å². The first kappa shape index (κ1) is 22.8. The number of benzene rings is 1. The average Bonchev–Trinajstić information content (AvgIpc) is 3.39. The molecule has 2 fully saturated rings. The summed E-state index contributed by atoms with van der Waals surface area (Å²) in [6.45, 7) is 3.77. The number of nitro benzene ring substituents is 1. The maximum absolute atomic E-state index is 11.0. The molecule has 11 nitrogen and oxygen atoms in total. The quantitative estimate of drug-likeness (QED) is 0.299. The lowest BCUT2D eigenvalue weighted by Crippen LogP contribution is -2.34. The molecule has 2 aliphatic rings. The largest absolute Gasteiger partial charge is 0.455 e. The van der Waals surface area contributed by atoms with Gasteiger partial charge in [0.25, 0.3) is 5.69 Å². The molecule has 2 aliphatic heterocycles. The molecule has 5 rings (SSSR count). The Bertz CT molecular complexity index is 1160. The maximum Gasteiger partial charge on any atom is 0.270 e. The number of piperidine rings is 2. The molecule has 0 spiro atoms. The van der Waals surface area contributed by atoms with E-state index in [4.69, 9.17) is 9.40 Å². The van der Waals surface area contributed by atoms with Crippen LogP contribution in [0.1, 0.15) is 44.3 Å². The summed E-state index contributed by atoms with van der Waals surface area (Å²) in [5.74, 6) is 2.78. The molecule has 1 aromatic carbocycles. The minimum Gasteiger partial charge on any atom is -0.455 e. The number of rotatable bonds is 7. The highest BCUT2D eigenvalue weighted by Gasteiger charge is 2.20. The summed E-state index contributed by atoms with van der Waals surface area (Å²) in [7, 11) is 0. The van der Waals surface area contributed by atoms with Crippen LogP contribution in [0, 0.1) is 10.1 Å². The van der Waals surface area contributed by atoms with Gasteiger partial charge in [-0.3, -0.25) is 10.1 Å². The number of non-ortho nitro benzene ring substituents is 1. The first-order valence-corrected chi connectivity index (χ1v) is 12.1. The van der Waals surface area contributed by atoms with E-state index in [0.29, 0.717) is 34.9 Å². The van der Waals surface area contributed by atoms with Crippen molar-refractivity contribution in [2.75, 3.05) is 41.4 Å². The van der Waals surface area contributed by atoms with Crippen molar-refractivity contribution < 1.29 is 9.34 Å². The third-order valence-electron chi connectivity index (χ3n) is 6.21. The number of aromatic nitrogens is 3. The number of anilines is 3. The van der Waals surface area contributed by atoms with E-state index >= 15 is 0 Å². The van der Waals surface area contributed by atoms with Crippen molar-refractivity contribution in [3.63, 3.8) is 0 Å². The highest BCUT2D eigenvalue weighted by atomic mass is 16.6. The Labute approximate surface area is 203 Å². The highest BCUT2D eigenvalue weighted by Crippen LogP contribution is 2.26. The van der Waals surface area contributed by atoms with Crippen LogP contribution >= 0.6 is 0 Å². The van der Waals surface area contributed by atoms with Crippen LogP contribution in [0.3, 0.4) is 0 Å². The zero-order valence-corrected chi connectivity index (χ0v) is 19.5. The molecule has 0 bridgehead atoms. The molecule has 1 N–H and O–H groups in total. The Balaban J connectivity index is 1.32. The molecule has 0 radical (unpaired) electrons. The number of nitrogens with one attached hydrogen (secondary N) is 1. The van der Waals surface area contributed by atoms with Crippen LogP contribution in [0.4, 0.5) is 23.5 Å². The third-order valence-corrected chi connectivity index (χ3v) is 6.21. The van der Waals surface area contributed by atoms with Crippen LogP contribution < -0.4 is 15.2 Å². The fraction of sp³-hybridized carbons (Fsp3) is 0.417. The Hall–Kier alpha value is -4.02. The maximum atomic E-state index is 11.0. The summed E-state index contributed by atoms with van der Waals surface area (Å²) >= 11 is 0. The lowest BCUT2D eigenvalue weighted by Gasteiger charge is -2.30. The van der Waals surface area contributed by atoms with E-state index in [9.17, 15) is 10.1 Å². The van der Waals surface area contributed by atoms with Crippen molar-refractivity contribution in [2.24, 2.45) is 5.10 Å². The summed E-state index contributed by atoms with van der Waals surface area (Å²) in [5.41, 5.74) is 3.57. The van der Waals surface area contributed by atoms with Gasteiger partial charge in [-0.15, -0.1) is 0 Å². The van der Waals surface area contributed by atoms with Crippen LogP contribution in [0.5, 0.6) is 0 Å². The van der Waals surface area contributed by atoms with E-state index in [1.54, 1.807) is 24.3 Å². The predicted molar refractivity (Wildman–Crippen MR) is 134 cm³/mol. The molecule has 35 heavy (non-hydrogen) atoms. The molecule has 0 aliphatic carbocycles. The number of hydrazone groups is 1. The van der Waals surface area contributed by atoms with Crippen molar-refractivity contribution in [3.8, 4) is 11.3 Å². The van der Waals surface area contributed by atoms with Gasteiger partial charge in [0.05, 0.1) is 11.1 Å². The number of nitrogens with zero attached hydrogens (tertiary/aromatic N) is 7. The van der Waals surface area contributed by atoms with Gasteiger partial charge in [0, 0.05) is 43.9 Å². The predicted octanol–water partition coefficient (Wildman–Crippen LogP) is 4.47. The van der Waals surface area contributed by atoms with Crippen molar-refractivity contribution in [1.29, 1.82) is 0 Å². The van der Waals surface area contributed by atoms with Crippen LogP contribution in [-0.2, 0) is 0 Å². The second-order valence-corrected chi connectivity index (χ2v) is 8.73. The average molecular weight is 477 g/mol. The third kappa shape index (κ3) is 5.56. The van der Waals surface area contributed by atoms with Crippen LogP contribution in [0.15, 0.2) is 45.9 Å². The normalized spacial score (nSPS) is 16.6. The van der Waals surface area contributed by atoms with Gasteiger partial charge in [-0.2, -0.15) is 20.1 Å². The van der Waals surface area contributed by atoms with E-state index in [0.717, 1.165) is 51.9 Å². The number of hydrogen-bond acceptors (Lipinski definition) is 10. The number of furan rings is 1. The Morgan fingerprint density at radius 1 is 0.914 bits per heavy atom. The SMILES string of the molecule is O=[N+]([O-])c1cccc(-c2ccc(/C=N\Nc3nc(N4CCCCC4)nc(N4CCCCC4)n3)o2)c1. The molecular weight excluding hydrogens is 448 g/mol. The first-order chi connectivity index (χ1) is 17.2. The standard InChI is InChI=1S/C24H28N8O3/c33-32(34)19-9-7-8-18(16-19)21-11-10-20(35-21)17-25-29-22-26-23(30-12-3-1-4-13-30)28-24(27-22)31-14-5-2-6-15-31/h7-11,16-17H,1-6,12-15H2,(H,26,27,28,29)/b25-17-. The van der Waals surface area contributed by atoms with E-state index in [1.807, 2.05) is 0 Å². The number of hydrogen-bond donors (Lipinski definition) is 1. The Morgan fingerprint density at radius 2 is 1.57 bits per heavy atom. The van der Waals surface area contributed by atoms with Gasteiger partial charge in [0.2, 0.25) is 17.8 Å². The van der Waals surface area contributed by atoms with Gasteiger partial charge >= 0.3 is 0 Å². The van der Waals surface area contributed by atoms with Gasteiger partial charge in [-0.05, 0) is 50.7 Å². The highest BCUT2D eigenvalue weighted by molar-refractivity contribution is 5.78. The molecule has 2 saturated heterocycles. The monoisotopic (exact) mass is 476 g/mol. The molecular formula is C24H28N8O3. The second-order valence-electron chi connectivity index (χ2n) is 8.73. The summed E-state index contributed by atoms with van der Waals surface area (Å²) in [5, 5.41) is 15.3. The summed E-state index contributed by atoms with van der Waals surface area (Å²) < 4.78 is 5.80. The lowest BCUT2D eigenvalue weighted by molar-refractivity contribution is -0.384. The fourth-order valence-electron chi connectivity index (χ4n) is 4.38. The molecule has 2 aromatic heterocycles. The van der Waals surface area contributed by atoms with Crippen molar-refractivity contribution >= 4 is 29.7 Å². The minimum absolute atomic E-state index is 0.0136. The van der Waals surface area contributed by atoms with Gasteiger partial charge in [-0.1, -0.05) is 12.1 Å². The van der Waals surface area contributed by atoms with Gasteiger partial charge in [0.1, 0.15) is 11.5 Å². The van der Waals surface area contributed by atoms with Crippen LogP contribution in [-0.4, -0.2) is 52.3 Å². The molecule has 0 saturated carbocycles. The van der Waals surface area contributed by atoms with Crippen molar-refractivity contribution in [2.45, 2.75) is 38.5 Å². The van der Waals surface area contributed by atoms with E-state index < -0.39 is 4.92 Å². The molecule has 4 heterocycles. The molecule has 182 valence electrons.